The van der Waals surface area contributed by atoms with Crippen LogP contribution in [0.3, 0.4) is 0 Å². The molecular formula is C16H16N6OS. The Labute approximate surface area is 143 Å². The topological polar surface area (TPSA) is 83.9 Å². The summed E-state index contributed by atoms with van der Waals surface area (Å²) in [5, 5.41) is 5.57. The Balaban J connectivity index is 1.92. The second-order valence-electron chi connectivity index (χ2n) is 5.18. The van der Waals surface area contributed by atoms with Crippen molar-refractivity contribution in [1.29, 1.82) is 0 Å². The minimum atomic E-state index is -0.241. The summed E-state index contributed by atoms with van der Waals surface area (Å²) in [5.74, 6) is 0.291. The number of nitrogens with zero attached hydrogens (tertiary/aromatic N) is 5. The maximum Gasteiger partial charge on any atom is 0.255 e. The van der Waals surface area contributed by atoms with Gasteiger partial charge in [0.2, 0.25) is 5.95 Å². The third-order valence-corrected chi connectivity index (χ3v) is 4.02. The molecule has 0 aliphatic carbocycles. The fourth-order valence-corrected chi connectivity index (χ4v) is 2.62. The van der Waals surface area contributed by atoms with Crippen molar-refractivity contribution in [2.75, 3.05) is 19.0 Å². The predicted octanol–water partition coefficient (Wildman–Crippen LogP) is 1.99. The van der Waals surface area contributed by atoms with Crippen LogP contribution in [0.25, 0.3) is 11.3 Å². The van der Waals surface area contributed by atoms with Crippen LogP contribution in [0.4, 0.5) is 5.95 Å². The van der Waals surface area contributed by atoms with Crippen LogP contribution in [0.5, 0.6) is 0 Å². The van der Waals surface area contributed by atoms with Gasteiger partial charge in [-0.2, -0.15) is 0 Å². The molecule has 0 atom stereocenters. The lowest BCUT2D eigenvalue weighted by Crippen LogP contribution is -2.24. The number of hydrogen-bond donors (Lipinski definition) is 1. The predicted molar refractivity (Wildman–Crippen MR) is 92.9 cm³/mol. The van der Waals surface area contributed by atoms with Gasteiger partial charge in [0.15, 0.2) is 0 Å². The first kappa shape index (κ1) is 16.0. The highest BCUT2D eigenvalue weighted by atomic mass is 32.1. The summed E-state index contributed by atoms with van der Waals surface area (Å²) in [6, 6.07) is 3.68. The van der Waals surface area contributed by atoms with Crippen LogP contribution in [-0.2, 0) is 6.54 Å². The van der Waals surface area contributed by atoms with Crippen LogP contribution in [0.15, 0.2) is 42.3 Å². The molecule has 24 heavy (non-hydrogen) atoms. The summed E-state index contributed by atoms with van der Waals surface area (Å²) in [5.41, 5.74) is 1.73. The summed E-state index contributed by atoms with van der Waals surface area (Å²) in [7, 11) is 3.70. The van der Waals surface area contributed by atoms with E-state index in [1.807, 2.05) is 31.6 Å². The number of pyridine rings is 1. The normalized spacial score (nSPS) is 10.4. The molecule has 1 amide bonds. The molecule has 0 unspecified atom stereocenters. The molecule has 3 aromatic rings. The summed E-state index contributed by atoms with van der Waals surface area (Å²) >= 11 is 1.49. The summed E-state index contributed by atoms with van der Waals surface area (Å²) in [4.78, 5) is 31.4. The van der Waals surface area contributed by atoms with Crippen molar-refractivity contribution in [2.45, 2.75) is 6.54 Å². The van der Waals surface area contributed by atoms with E-state index in [-0.39, 0.29) is 5.91 Å². The van der Waals surface area contributed by atoms with Crippen molar-refractivity contribution in [3.05, 3.63) is 52.9 Å². The van der Waals surface area contributed by atoms with Crippen LogP contribution in [0.1, 0.15) is 15.4 Å². The second-order valence-corrected chi connectivity index (χ2v) is 6.16. The molecule has 0 aliphatic rings. The first-order valence-corrected chi connectivity index (χ1v) is 8.14. The van der Waals surface area contributed by atoms with Crippen molar-refractivity contribution in [3.63, 3.8) is 0 Å². The number of thiazole rings is 1. The number of carbonyl (C=O) groups excluding carboxylic acids is 1. The highest BCUT2D eigenvalue weighted by Crippen LogP contribution is 2.22. The van der Waals surface area contributed by atoms with Crippen LogP contribution >= 0.6 is 11.3 Å². The van der Waals surface area contributed by atoms with E-state index >= 15 is 0 Å². The Morgan fingerprint density at radius 1 is 1.25 bits per heavy atom. The molecule has 0 bridgehead atoms. The molecule has 0 fully saturated rings. The number of amides is 1. The van der Waals surface area contributed by atoms with Crippen molar-refractivity contribution < 1.29 is 4.79 Å². The smallest absolute Gasteiger partial charge is 0.255 e. The average Bonchev–Trinajstić information content (AvgIpc) is 3.13. The zero-order chi connectivity index (χ0) is 16.9. The molecule has 0 aromatic carbocycles. The van der Waals surface area contributed by atoms with Crippen molar-refractivity contribution in [3.8, 4) is 11.3 Å². The molecule has 3 aromatic heterocycles. The molecule has 0 aliphatic heterocycles. The Hall–Kier alpha value is -2.87. The molecule has 0 radical (unpaired) electrons. The molecular weight excluding hydrogens is 324 g/mol. The molecule has 0 spiro atoms. The van der Waals surface area contributed by atoms with Crippen molar-refractivity contribution in [2.24, 2.45) is 0 Å². The fourth-order valence-electron chi connectivity index (χ4n) is 2.07. The van der Waals surface area contributed by atoms with Gasteiger partial charge in [0, 0.05) is 49.8 Å². The van der Waals surface area contributed by atoms with Gasteiger partial charge in [-0.3, -0.25) is 9.78 Å². The zero-order valence-electron chi connectivity index (χ0n) is 13.3. The van der Waals surface area contributed by atoms with E-state index in [0.29, 0.717) is 23.8 Å². The molecule has 122 valence electrons. The number of nitrogens with one attached hydrogen (secondary N) is 1. The van der Waals surface area contributed by atoms with Gasteiger partial charge in [-0.15, -0.1) is 11.3 Å². The monoisotopic (exact) mass is 340 g/mol. The van der Waals surface area contributed by atoms with E-state index in [1.54, 1.807) is 29.7 Å². The van der Waals surface area contributed by atoms with Crippen LogP contribution in [0, 0.1) is 0 Å². The molecule has 0 saturated heterocycles. The minimum absolute atomic E-state index is 0.241. The Kier molecular flexibility index (Phi) is 4.76. The van der Waals surface area contributed by atoms with E-state index in [9.17, 15) is 4.79 Å². The number of aromatic nitrogens is 4. The largest absolute Gasteiger partial charge is 0.347 e. The second kappa shape index (κ2) is 7.14. The number of hydrogen-bond acceptors (Lipinski definition) is 7. The molecule has 3 heterocycles. The fraction of sp³-hybridized carbons (Fsp3) is 0.188. The van der Waals surface area contributed by atoms with Crippen LogP contribution in [0.2, 0.25) is 0 Å². The third-order valence-electron chi connectivity index (χ3n) is 3.24. The minimum Gasteiger partial charge on any atom is -0.347 e. The van der Waals surface area contributed by atoms with Gasteiger partial charge in [0.1, 0.15) is 5.01 Å². The van der Waals surface area contributed by atoms with E-state index < -0.39 is 0 Å². The highest BCUT2D eigenvalue weighted by molar-refractivity contribution is 7.09. The van der Waals surface area contributed by atoms with Crippen molar-refractivity contribution >= 4 is 23.2 Å². The van der Waals surface area contributed by atoms with Gasteiger partial charge in [-0.25, -0.2) is 15.0 Å². The molecule has 3 rings (SSSR count). The van der Waals surface area contributed by atoms with Gasteiger partial charge in [-0.05, 0) is 12.1 Å². The Morgan fingerprint density at radius 3 is 2.79 bits per heavy atom. The first-order chi connectivity index (χ1) is 11.6. The Bertz CT molecular complexity index is 820. The third kappa shape index (κ3) is 3.54. The van der Waals surface area contributed by atoms with Gasteiger partial charge in [-0.1, -0.05) is 0 Å². The quantitative estimate of drug-likeness (QED) is 0.765. The van der Waals surface area contributed by atoms with Gasteiger partial charge in [0.25, 0.3) is 5.91 Å². The van der Waals surface area contributed by atoms with Crippen LogP contribution < -0.4 is 10.2 Å². The maximum absolute atomic E-state index is 12.6. The lowest BCUT2D eigenvalue weighted by Gasteiger charge is -2.14. The van der Waals surface area contributed by atoms with E-state index in [1.165, 1.54) is 11.3 Å². The van der Waals surface area contributed by atoms with Crippen molar-refractivity contribution in [1.82, 2.24) is 25.3 Å². The first-order valence-electron chi connectivity index (χ1n) is 7.26. The standard InChI is InChI=1S/C16H16N6OS/c1-22(2)16-20-9-12(14(21-16)11-4-3-5-17-8-11)15(23)19-10-13-18-6-7-24-13/h3-9H,10H2,1-2H3,(H,19,23). The van der Waals surface area contributed by atoms with E-state index in [2.05, 4.69) is 25.3 Å². The molecule has 0 saturated carbocycles. The SMILES string of the molecule is CN(C)c1ncc(C(=O)NCc2nccs2)c(-c2cccnc2)n1. The lowest BCUT2D eigenvalue weighted by atomic mass is 10.1. The van der Waals surface area contributed by atoms with Crippen LogP contribution in [-0.4, -0.2) is 39.9 Å². The average molecular weight is 340 g/mol. The van der Waals surface area contributed by atoms with Gasteiger partial charge >= 0.3 is 0 Å². The Morgan fingerprint density at radius 2 is 2.12 bits per heavy atom. The summed E-state index contributed by atoms with van der Waals surface area (Å²) in [6.07, 6.45) is 6.61. The summed E-state index contributed by atoms with van der Waals surface area (Å²) < 4.78 is 0. The number of rotatable bonds is 5. The molecule has 8 heteroatoms. The van der Waals surface area contributed by atoms with Gasteiger partial charge in [0.05, 0.1) is 17.8 Å². The summed E-state index contributed by atoms with van der Waals surface area (Å²) in [6.45, 7) is 0.373. The highest BCUT2D eigenvalue weighted by Gasteiger charge is 2.17. The van der Waals surface area contributed by atoms with E-state index in [0.717, 1.165) is 10.6 Å². The lowest BCUT2D eigenvalue weighted by molar-refractivity contribution is 0.0951. The molecule has 1 N–H and O–H groups in total. The number of carbonyl (C=O) groups is 1. The zero-order valence-corrected chi connectivity index (χ0v) is 14.1. The van der Waals surface area contributed by atoms with E-state index in [4.69, 9.17) is 0 Å². The number of anilines is 1. The molecule has 7 nitrogen and oxygen atoms in total. The van der Waals surface area contributed by atoms with Gasteiger partial charge < -0.3 is 10.2 Å². The maximum atomic E-state index is 12.6.